The van der Waals surface area contributed by atoms with Gasteiger partial charge in [0.2, 0.25) is 0 Å². The van der Waals surface area contributed by atoms with Crippen molar-refractivity contribution in [3.8, 4) is 0 Å². The van der Waals surface area contributed by atoms with Crippen LogP contribution in [-0.2, 0) is 9.59 Å². The standard InChI is InChI=1S/C10H20O2.C7H15NO3/c1-2-3-4-5-6-7-8-9-10(11)12;1-8(2,3)5-6(9)4-7(10)11/h2-9H2,1H3,(H,11,12);6,9H,4-5H2,1-3H3. The SMILES string of the molecule is CCCCCCCCCC(=O)O.C[N+](C)(C)CC(O)CC(=O)[O-]. The Bertz CT molecular complexity index is 313. The number of carboxylic acids is 2. The van der Waals surface area contributed by atoms with Gasteiger partial charge in [-0.1, -0.05) is 45.4 Å². The summed E-state index contributed by atoms with van der Waals surface area (Å²) in [5, 5.41) is 27.5. The average molecular weight is 333 g/mol. The van der Waals surface area contributed by atoms with Gasteiger partial charge in [-0.15, -0.1) is 0 Å². The van der Waals surface area contributed by atoms with E-state index < -0.39 is 18.0 Å². The lowest BCUT2D eigenvalue weighted by molar-refractivity contribution is -0.873. The number of nitrogens with zero attached hydrogens (tertiary/aromatic N) is 1. The van der Waals surface area contributed by atoms with Crippen molar-refractivity contribution in [3.63, 3.8) is 0 Å². The van der Waals surface area contributed by atoms with Crippen LogP contribution in [0.15, 0.2) is 0 Å². The van der Waals surface area contributed by atoms with Gasteiger partial charge in [-0.2, -0.15) is 0 Å². The first-order chi connectivity index (χ1) is 10.6. The minimum absolute atomic E-state index is 0.282. The second-order valence-corrected chi connectivity index (χ2v) is 6.97. The minimum Gasteiger partial charge on any atom is -0.550 e. The molecule has 2 N–H and O–H groups in total. The largest absolute Gasteiger partial charge is 0.550 e. The Morgan fingerprint density at radius 3 is 1.87 bits per heavy atom. The second kappa shape index (κ2) is 14.5. The number of aliphatic hydroxyl groups is 1. The van der Waals surface area contributed by atoms with E-state index in [2.05, 4.69) is 6.92 Å². The lowest BCUT2D eigenvalue weighted by atomic mass is 10.1. The van der Waals surface area contributed by atoms with E-state index in [4.69, 9.17) is 10.2 Å². The smallest absolute Gasteiger partial charge is 0.303 e. The van der Waals surface area contributed by atoms with Crippen LogP contribution in [0.1, 0.15) is 64.7 Å². The Morgan fingerprint density at radius 2 is 1.48 bits per heavy atom. The molecule has 0 heterocycles. The van der Waals surface area contributed by atoms with Gasteiger partial charge < -0.3 is 24.6 Å². The molecule has 0 aliphatic carbocycles. The molecule has 1 atom stereocenters. The monoisotopic (exact) mass is 333 g/mol. The highest BCUT2D eigenvalue weighted by atomic mass is 16.4. The van der Waals surface area contributed by atoms with Crippen molar-refractivity contribution in [1.29, 1.82) is 0 Å². The van der Waals surface area contributed by atoms with Gasteiger partial charge in [-0.05, 0) is 6.42 Å². The summed E-state index contributed by atoms with van der Waals surface area (Å²) in [6.45, 7) is 2.62. The van der Waals surface area contributed by atoms with E-state index in [-0.39, 0.29) is 6.42 Å². The van der Waals surface area contributed by atoms with Gasteiger partial charge >= 0.3 is 5.97 Å². The predicted octanol–water partition coefficient (Wildman–Crippen LogP) is 1.41. The third-order valence-corrected chi connectivity index (χ3v) is 3.15. The summed E-state index contributed by atoms with van der Waals surface area (Å²) in [5.41, 5.74) is 0. The van der Waals surface area contributed by atoms with E-state index in [1.165, 1.54) is 32.1 Å². The van der Waals surface area contributed by atoms with Crippen LogP contribution in [-0.4, -0.2) is 60.4 Å². The molecule has 0 aliphatic heterocycles. The summed E-state index contributed by atoms with van der Waals surface area (Å²) in [7, 11) is 5.66. The Hall–Kier alpha value is -1.14. The zero-order valence-electron chi connectivity index (χ0n) is 15.2. The van der Waals surface area contributed by atoms with Crippen molar-refractivity contribution in [1.82, 2.24) is 0 Å². The normalized spacial score (nSPS) is 12.2. The zero-order chi connectivity index (χ0) is 18.3. The summed E-state index contributed by atoms with van der Waals surface area (Å²) in [6.07, 6.45) is 7.55. The van der Waals surface area contributed by atoms with Crippen LogP contribution in [0.4, 0.5) is 0 Å². The van der Waals surface area contributed by atoms with Crippen LogP contribution in [0.2, 0.25) is 0 Å². The molecule has 0 saturated heterocycles. The van der Waals surface area contributed by atoms with Crippen molar-refractivity contribution >= 4 is 11.9 Å². The van der Waals surface area contributed by atoms with E-state index >= 15 is 0 Å². The molecule has 0 aromatic rings. The number of carbonyl (C=O) groups excluding carboxylic acids is 1. The number of carbonyl (C=O) groups is 2. The van der Waals surface area contributed by atoms with Gasteiger partial charge in [0.15, 0.2) is 0 Å². The number of hydrogen-bond acceptors (Lipinski definition) is 4. The Kier molecular flexibility index (Phi) is 15.2. The Balaban J connectivity index is 0. The highest BCUT2D eigenvalue weighted by Crippen LogP contribution is 2.07. The first-order valence-electron chi connectivity index (χ1n) is 8.48. The van der Waals surface area contributed by atoms with Crippen molar-refractivity contribution in [2.75, 3.05) is 27.7 Å². The van der Waals surface area contributed by atoms with E-state index in [1.807, 2.05) is 21.1 Å². The number of aliphatic carboxylic acids is 2. The van der Waals surface area contributed by atoms with Gasteiger partial charge in [-0.3, -0.25) is 4.79 Å². The number of likely N-dealkylation sites (N-methyl/N-ethyl adjacent to an activating group) is 1. The average Bonchev–Trinajstić information content (AvgIpc) is 2.34. The number of rotatable bonds is 12. The van der Waals surface area contributed by atoms with Crippen LogP contribution < -0.4 is 5.11 Å². The molecule has 0 fully saturated rings. The molecule has 0 rings (SSSR count). The quantitative estimate of drug-likeness (QED) is 0.416. The van der Waals surface area contributed by atoms with E-state index in [1.54, 1.807) is 0 Å². The van der Waals surface area contributed by atoms with Gasteiger partial charge in [0.25, 0.3) is 0 Å². The molecule has 0 aromatic carbocycles. The molecule has 6 heteroatoms. The topological polar surface area (TPSA) is 97.7 Å². The molecular formula is C17H35NO5. The first-order valence-corrected chi connectivity index (χ1v) is 8.48. The first kappa shape index (κ1) is 24.1. The number of hydrogen-bond donors (Lipinski definition) is 2. The molecule has 23 heavy (non-hydrogen) atoms. The third kappa shape index (κ3) is 26.1. The maximum Gasteiger partial charge on any atom is 0.303 e. The zero-order valence-corrected chi connectivity index (χ0v) is 15.2. The maximum absolute atomic E-state index is 10.1. The number of aliphatic hydroxyl groups excluding tert-OH is 1. The maximum atomic E-state index is 10.1. The molecule has 0 amide bonds. The lowest BCUT2D eigenvalue weighted by Crippen LogP contribution is -2.43. The van der Waals surface area contributed by atoms with E-state index in [9.17, 15) is 14.7 Å². The summed E-state index contributed by atoms with van der Waals surface area (Å²) < 4.78 is 0.550. The van der Waals surface area contributed by atoms with Crippen molar-refractivity contribution in [3.05, 3.63) is 0 Å². The van der Waals surface area contributed by atoms with Crippen molar-refractivity contribution in [2.24, 2.45) is 0 Å². The number of quaternary nitrogens is 1. The molecule has 0 radical (unpaired) electrons. The highest BCUT2D eigenvalue weighted by molar-refractivity contribution is 5.66. The molecule has 0 saturated carbocycles. The summed E-state index contributed by atoms with van der Waals surface area (Å²) in [6, 6.07) is 0. The van der Waals surface area contributed by atoms with Crippen LogP contribution in [0.5, 0.6) is 0 Å². The Labute approximate surface area is 140 Å². The van der Waals surface area contributed by atoms with Crippen LogP contribution in [0.3, 0.4) is 0 Å². The molecule has 0 aliphatic rings. The fourth-order valence-corrected chi connectivity index (χ4v) is 2.12. The molecule has 6 nitrogen and oxygen atoms in total. The highest BCUT2D eigenvalue weighted by Gasteiger charge is 2.14. The second-order valence-electron chi connectivity index (χ2n) is 6.97. The Morgan fingerprint density at radius 1 is 1.00 bits per heavy atom. The number of unbranched alkanes of at least 4 members (excludes halogenated alkanes) is 6. The molecule has 0 aromatic heterocycles. The minimum atomic E-state index is -1.20. The lowest BCUT2D eigenvalue weighted by Gasteiger charge is -2.26. The van der Waals surface area contributed by atoms with Crippen LogP contribution >= 0.6 is 0 Å². The molecule has 0 spiro atoms. The summed E-state index contributed by atoms with van der Waals surface area (Å²) in [4.78, 5) is 20.2. The van der Waals surface area contributed by atoms with E-state index in [0.29, 0.717) is 17.4 Å². The van der Waals surface area contributed by atoms with Crippen LogP contribution in [0.25, 0.3) is 0 Å². The number of carboxylic acid groups (broad SMARTS) is 2. The van der Waals surface area contributed by atoms with Crippen molar-refractivity contribution in [2.45, 2.75) is 70.8 Å². The van der Waals surface area contributed by atoms with Gasteiger partial charge in [0, 0.05) is 18.8 Å². The van der Waals surface area contributed by atoms with Crippen LogP contribution in [0, 0.1) is 0 Å². The third-order valence-electron chi connectivity index (χ3n) is 3.15. The molecule has 1 unspecified atom stereocenters. The van der Waals surface area contributed by atoms with E-state index in [0.717, 1.165) is 12.8 Å². The predicted molar refractivity (Wildman–Crippen MR) is 88.8 cm³/mol. The molecular weight excluding hydrogens is 298 g/mol. The summed E-state index contributed by atoms with van der Waals surface area (Å²) in [5.74, 6) is -1.87. The molecule has 138 valence electrons. The molecule has 0 bridgehead atoms. The summed E-state index contributed by atoms with van der Waals surface area (Å²) >= 11 is 0. The fraction of sp³-hybridized carbons (Fsp3) is 0.882. The van der Waals surface area contributed by atoms with Gasteiger partial charge in [-0.25, -0.2) is 0 Å². The van der Waals surface area contributed by atoms with Gasteiger partial charge in [0.05, 0.1) is 21.1 Å². The van der Waals surface area contributed by atoms with Crippen molar-refractivity contribution < 1.29 is 29.4 Å². The van der Waals surface area contributed by atoms with Gasteiger partial charge in [0.1, 0.15) is 12.6 Å². The fourth-order valence-electron chi connectivity index (χ4n) is 2.12.